The second-order valence-electron chi connectivity index (χ2n) is 4.50. The topological polar surface area (TPSA) is 37.3 Å². The lowest BCUT2D eigenvalue weighted by Crippen LogP contribution is -2.26. The van der Waals surface area contributed by atoms with Gasteiger partial charge in [0.1, 0.15) is 5.76 Å². The van der Waals surface area contributed by atoms with Crippen LogP contribution in [0.4, 0.5) is 0 Å². The van der Waals surface area contributed by atoms with Crippen molar-refractivity contribution in [1.82, 2.24) is 0 Å². The van der Waals surface area contributed by atoms with E-state index in [1.165, 1.54) is 0 Å². The lowest BCUT2D eigenvalue weighted by atomic mass is 9.77. The van der Waals surface area contributed by atoms with Gasteiger partial charge in [-0.2, -0.15) is 11.8 Å². The van der Waals surface area contributed by atoms with E-state index in [9.17, 15) is 9.90 Å². The fourth-order valence-corrected chi connectivity index (χ4v) is 2.43. The van der Waals surface area contributed by atoms with Gasteiger partial charge in [-0.1, -0.05) is 20.8 Å². The van der Waals surface area contributed by atoms with Gasteiger partial charge in [0.25, 0.3) is 0 Å². The molecule has 1 aliphatic carbocycles. The number of aliphatic hydroxyl groups is 1. The number of carbonyl (C=O) groups is 1. The molecule has 3 heteroatoms. The molecule has 0 atom stereocenters. The second kappa shape index (κ2) is 4.39. The van der Waals surface area contributed by atoms with Crippen molar-refractivity contribution in [3.63, 3.8) is 0 Å². The predicted octanol–water partition coefficient (Wildman–Crippen LogP) is 2.94. The molecule has 1 N–H and O–H groups in total. The highest BCUT2D eigenvalue weighted by atomic mass is 32.2. The molecular weight excluding hydrogens is 196 g/mol. The maximum Gasteiger partial charge on any atom is 0.163 e. The Bertz CT molecular complexity index is 266. The Labute approximate surface area is 89.8 Å². The molecule has 0 saturated carbocycles. The van der Waals surface area contributed by atoms with Crippen LogP contribution < -0.4 is 0 Å². The number of Topliss-reactive ketones (excluding diaryl/α,β-unsaturated/α-hetero) is 1. The summed E-state index contributed by atoms with van der Waals surface area (Å²) in [6.07, 6.45) is 1.20. The van der Waals surface area contributed by atoms with Crippen LogP contribution in [0.25, 0.3) is 0 Å². The van der Waals surface area contributed by atoms with Gasteiger partial charge in [0.05, 0.1) is 0 Å². The summed E-state index contributed by atoms with van der Waals surface area (Å²) in [6.45, 7) is 6.09. The fourth-order valence-electron chi connectivity index (χ4n) is 1.69. The molecule has 0 heterocycles. The lowest BCUT2D eigenvalue weighted by Gasteiger charge is -2.29. The molecule has 0 saturated heterocycles. The summed E-state index contributed by atoms with van der Waals surface area (Å²) in [6, 6.07) is 0. The Morgan fingerprint density at radius 2 is 2.07 bits per heavy atom. The number of ketones is 1. The maximum absolute atomic E-state index is 11.7. The van der Waals surface area contributed by atoms with Gasteiger partial charge < -0.3 is 5.11 Å². The van der Waals surface area contributed by atoms with Crippen molar-refractivity contribution in [2.24, 2.45) is 5.41 Å². The molecular formula is C11H18O2S. The Morgan fingerprint density at radius 1 is 1.43 bits per heavy atom. The summed E-state index contributed by atoms with van der Waals surface area (Å²) < 4.78 is 0. The average Bonchev–Trinajstić information content (AvgIpc) is 2.00. The Morgan fingerprint density at radius 3 is 2.57 bits per heavy atom. The third-order valence-corrected chi connectivity index (χ3v) is 3.32. The number of hydrogen-bond acceptors (Lipinski definition) is 3. The second-order valence-corrected chi connectivity index (χ2v) is 5.78. The zero-order valence-corrected chi connectivity index (χ0v) is 9.91. The summed E-state index contributed by atoms with van der Waals surface area (Å²) in [4.78, 5) is 11.7. The number of hydrogen-bond donors (Lipinski definition) is 1. The predicted molar refractivity (Wildman–Crippen MR) is 60.7 cm³/mol. The minimum absolute atomic E-state index is 0.0679. The number of thioether (sulfide) groups is 1. The summed E-state index contributed by atoms with van der Waals surface area (Å²) >= 11 is 1.68. The van der Waals surface area contributed by atoms with Gasteiger partial charge in [-0.3, -0.25) is 4.79 Å². The lowest BCUT2D eigenvalue weighted by molar-refractivity contribution is -0.118. The Hall–Kier alpha value is -0.440. The van der Waals surface area contributed by atoms with Crippen molar-refractivity contribution in [2.75, 3.05) is 11.5 Å². The van der Waals surface area contributed by atoms with E-state index in [-0.39, 0.29) is 11.2 Å². The molecule has 0 amide bonds. The molecule has 0 unspecified atom stereocenters. The van der Waals surface area contributed by atoms with Crippen molar-refractivity contribution in [2.45, 2.75) is 33.6 Å². The molecule has 0 aromatic carbocycles. The molecule has 0 spiro atoms. The van der Waals surface area contributed by atoms with Crippen LogP contribution in [0.1, 0.15) is 33.6 Å². The number of allylic oxidation sites excluding steroid dienone is 1. The third kappa shape index (κ3) is 2.77. The van der Waals surface area contributed by atoms with Crippen LogP contribution in [-0.4, -0.2) is 22.4 Å². The molecule has 2 nitrogen and oxygen atoms in total. The van der Waals surface area contributed by atoms with Gasteiger partial charge in [0.15, 0.2) is 5.78 Å². The molecule has 1 rings (SSSR count). The number of rotatable bonds is 3. The van der Waals surface area contributed by atoms with Gasteiger partial charge in [-0.25, -0.2) is 0 Å². The first-order chi connectivity index (χ1) is 6.46. The molecule has 80 valence electrons. The average molecular weight is 214 g/mol. The zero-order chi connectivity index (χ0) is 10.8. The highest BCUT2D eigenvalue weighted by molar-refractivity contribution is 7.99. The van der Waals surface area contributed by atoms with Gasteiger partial charge in [-0.05, 0) is 11.2 Å². The first kappa shape index (κ1) is 11.6. The number of carbonyl (C=O) groups excluding carboxylic acids is 1. The summed E-state index contributed by atoms with van der Waals surface area (Å²) in [5.41, 5.74) is 0.581. The van der Waals surface area contributed by atoms with E-state index in [4.69, 9.17) is 0 Å². The normalized spacial score (nSPS) is 21.5. The fraction of sp³-hybridized carbons (Fsp3) is 0.727. The van der Waals surface area contributed by atoms with Crippen LogP contribution in [0, 0.1) is 5.41 Å². The van der Waals surface area contributed by atoms with Crippen LogP contribution >= 0.6 is 11.8 Å². The van der Waals surface area contributed by atoms with E-state index in [0.717, 1.165) is 5.75 Å². The van der Waals surface area contributed by atoms with E-state index < -0.39 is 0 Å². The minimum Gasteiger partial charge on any atom is -0.512 e. The van der Waals surface area contributed by atoms with Gasteiger partial charge >= 0.3 is 0 Å². The van der Waals surface area contributed by atoms with Crippen molar-refractivity contribution in [3.8, 4) is 0 Å². The van der Waals surface area contributed by atoms with Crippen molar-refractivity contribution >= 4 is 17.5 Å². The zero-order valence-electron chi connectivity index (χ0n) is 9.09. The van der Waals surface area contributed by atoms with E-state index in [1.807, 2.05) is 13.8 Å². The standard InChI is InChI=1S/C11H18O2S/c1-4-14-7-8-9(12)5-11(2,3)6-10(8)13/h12H,4-7H2,1-3H3. The largest absolute Gasteiger partial charge is 0.512 e. The molecule has 0 bridgehead atoms. The van der Waals surface area contributed by atoms with Gasteiger partial charge in [0.2, 0.25) is 0 Å². The molecule has 0 fully saturated rings. The van der Waals surface area contributed by atoms with Gasteiger partial charge in [-0.15, -0.1) is 0 Å². The maximum atomic E-state index is 11.7. The first-order valence-corrected chi connectivity index (χ1v) is 6.13. The highest BCUT2D eigenvalue weighted by Gasteiger charge is 2.32. The Kier molecular flexibility index (Phi) is 3.65. The molecule has 1 aliphatic rings. The van der Waals surface area contributed by atoms with Gasteiger partial charge in [0, 0.05) is 24.2 Å². The Balaban J connectivity index is 2.77. The summed E-state index contributed by atoms with van der Waals surface area (Å²) in [5, 5.41) is 9.75. The van der Waals surface area contributed by atoms with E-state index in [0.29, 0.717) is 29.9 Å². The van der Waals surface area contributed by atoms with Crippen LogP contribution in [0.5, 0.6) is 0 Å². The van der Waals surface area contributed by atoms with Crippen LogP contribution in [0.3, 0.4) is 0 Å². The number of aliphatic hydroxyl groups excluding tert-OH is 1. The first-order valence-electron chi connectivity index (χ1n) is 4.98. The van der Waals surface area contributed by atoms with E-state index >= 15 is 0 Å². The summed E-state index contributed by atoms with van der Waals surface area (Å²) in [5.74, 6) is 2.08. The monoisotopic (exact) mass is 214 g/mol. The van der Waals surface area contributed by atoms with E-state index in [2.05, 4.69) is 6.92 Å². The smallest absolute Gasteiger partial charge is 0.163 e. The minimum atomic E-state index is -0.0679. The van der Waals surface area contributed by atoms with Crippen molar-refractivity contribution < 1.29 is 9.90 Å². The highest BCUT2D eigenvalue weighted by Crippen LogP contribution is 2.36. The van der Waals surface area contributed by atoms with Crippen molar-refractivity contribution in [1.29, 1.82) is 0 Å². The molecule has 0 aromatic rings. The molecule has 0 radical (unpaired) electrons. The molecule has 14 heavy (non-hydrogen) atoms. The van der Waals surface area contributed by atoms with E-state index in [1.54, 1.807) is 11.8 Å². The van der Waals surface area contributed by atoms with Crippen molar-refractivity contribution in [3.05, 3.63) is 11.3 Å². The van der Waals surface area contributed by atoms with Crippen LogP contribution in [0.2, 0.25) is 0 Å². The molecule has 0 aliphatic heterocycles. The molecule has 0 aromatic heterocycles. The third-order valence-electron chi connectivity index (χ3n) is 2.42. The van der Waals surface area contributed by atoms with Crippen LogP contribution in [-0.2, 0) is 4.79 Å². The quantitative estimate of drug-likeness (QED) is 0.785. The SMILES string of the molecule is CCSCC1=C(O)CC(C)(C)CC1=O. The summed E-state index contributed by atoms with van der Waals surface area (Å²) in [7, 11) is 0. The van der Waals surface area contributed by atoms with Crippen LogP contribution in [0.15, 0.2) is 11.3 Å².